The van der Waals surface area contributed by atoms with Crippen LogP contribution in [-0.2, 0) is 0 Å². The zero-order valence-corrected chi connectivity index (χ0v) is 9.09. The monoisotopic (exact) mass is 196 g/mol. The summed E-state index contributed by atoms with van der Waals surface area (Å²) in [5.74, 6) is 2.82. The molecule has 0 bridgehead atoms. The molecule has 1 rings (SSSR count). The summed E-state index contributed by atoms with van der Waals surface area (Å²) in [5, 5.41) is 0. The molecule has 0 fully saturated rings. The summed E-state index contributed by atoms with van der Waals surface area (Å²) < 4.78 is 16.2. The minimum Gasteiger partial charge on any atom is -0.490 e. The van der Waals surface area contributed by atoms with Crippen molar-refractivity contribution in [2.24, 2.45) is 0 Å². The van der Waals surface area contributed by atoms with Crippen LogP contribution in [0.25, 0.3) is 6.08 Å². The van der Waals surface area contributed by atoms with E-state index in [0.717, 1.165) is 5.76 Å². The van der Waals surface area contributed by atoms with Crippen LogP contribution in [0.3, 0.4) is 0 Å². The van der Waals surface area contributed by atoms with Crippen molar-refractivity contribution in [1.82, 2.24) is 0 Å². The largest absolute Gasteiger partial charge is 0.490 e. The fourth-order valence-corrected chi connectivity index (χ4v) is 1.31. The van der Waals surface area contributed by atoms with E-state index in [4.69, 9.17) is 13.9 Å². The molecule has 1 aromatic rings. The second-order valence-electron chi connectivity index (χ2n) is 2.82. The van der Waals surface area contributed by atoms with Gasteiger partial charge < -0.3 is 13.9 Å². The first-order chi connectivity index (χ1) is 6.74. The third-order valence-corrected chi connectivity index (χ3v) is 1.82. The summed E-state index contributed by atoms with van der Waals surface area (Å²) >= 11 is 0. The standard InChI is InChI=1S/C11H16O3/c1-5-7-9-11(13-6-2)10(12-4)8(3)14-9/h5,7H,6H2,1-4H3/b7-5+. The maximum absolute atomic E-state index is 5.49. The van der Waals surface area contributed by atoms with Crippen LogP contribution in [0.15, 0.2) is 10.5 Å². The predicted octanol–water partition coefficient (Wildman–Crippen LogP) is 3.03. The first-order valence-corrected chi connectivity index (χ1v) is 4.67. The Morgan fingerprint density at radius 2 is 2.07 bits per heavy atom. The maximum Gasteiger partial charge on any atom is 0.207 e. The van der Waals surface area contributed by atoms with Gasteiger partial charge >= 0.3 is 0 Å². The van der Waals surface area contributed by atoms with Crippen LogP contribution in [0, 0.1) is 6.92 Å². The van der Waals surface area contributed by atoms with Crippen LogP contribution in [0.2, 0.25) is 0 Å². The molecule has 0 amide bonds. The molecule has 0 atom stereocenters. The van der Waals surface area contributed by atoms with Gasteiger partial charge in [0.25, 0.3) is 0 Å². The number of hydrogen-bond acceptors (Lipinski definition) is 3. The molecule has 0 aliphatic rings. The fourth-order valence-electron chi connectivity index (χ4n) is 1.31. The molecule has 3 nitrogen and oxygen atoms in total. The Morgan fingerprint density at radius 1 is 1.36 bits per heavy atom. The molecule has 0 unspecified atom stereocenters. The highest BCUT2D eigenvalue weighted by molar-refractivity contribution is 5.59. The SMILES string of the molecule is C/C=C/c1oc(C)c(OC)c1OCC. The van der Waals surface area contributed by atoms with E-state index in [-0.39, 0.29) is 0 Å². The van der Waals surface area contributed by atoms with Crippen molar-refractivity contribution < 1.29 is 13.9 Å². The molecule has 3 heteroatoms. The zero-order chi connectivity index (χ0) is 10.6. The lowest BCUT2D eigenvalue weighted by Gasteiger charge is -2.03. The molecule has 14 heavy (non-hydrogen) atoms. The average molecular weight is 196 g/mol. The number of rotatable bonds is 4. The van der Waals surface area contributed by atoms with E-state index in [9.17, 15) is 0 Å². The van der Waals surface area contributed by atoms with Crippen molar-refractivity contribution in [3.8, 4) is 11.5 Å². The smallest absolute Gasteiger partial charge is 0.207 e. The van der Waals surface area contributed by atoms with Gasteiger partial charge in [0.2, 0.25) is 11.5 Å². The van der Waals surface area contributed by atoms with Gasteiger partial charge in [-0.25, -0.2) is 0 Å². The van der Waals surface area contributed by atoms with Crippen molar-refractivity contribution in [2.75, 3.05) is 13.7 Å². The number of ether oxygens (including phenoxy) is 2. The summed E-state index contributed by atoms with van der Waals surface area (Å²) in [6.45, 7) is 6.31. The number of aryl methyl sites for hydroxylation is 1. The van der Waals surface area contributed by atoms with E-state index in [1.165, 1.54) is 0 Å². The molecule has 0 aromatic carbocycles. The van der Waals surface area contributed by atoms with Gasteiger partial charge in [0.15, 0.2) is 5.76 Å². The topological polar surface area (TPSA) is 31.6 Å². The quantitative estimate of drug-likeness (QED) is 0.741. The molecule has 1 aromatic heterocycles. The van der Waals surface area contributed by atoms with E-state index in [2.05, 4.69) is 0 Å². The summed E-state index contributed by atoms with van der Waals surface area (Å²) in [5.41, 5.74) is 0. The van der Waals surface area contributed by atoms with E-state index in [1.54, 1.807) is 7.11 Å². The minimum absolute atomic E-state index is 0.597. The Balaban J connectivity index is 3.15. The van der Waals surface area contributed by atoms with Crippen molar-refractivity contribution in [1.29, 1.82) is 0 Å². The lowest BCUT2D eigenvalue weighted by Crippen LogP contribution is -1.94. The van der Waals surface area contributed by atoms with Gasteiger partial charge in [-0.1, -0.05) is 6.08 Å². The molecule has 0 saturated heterocycles. The van der Waals surface area contributed by atoms with E-state index in [1.807, 2.05) is 32.9 Å². The normalized spacial score (nSPS) is 10.9. The van der Waals surface area contributed by atoms with Crippen molar-refractivity contribution in [3.63, 3.8) is 0 Å². The number of allylic oxidation sites excluding steroid dienone is 1. The number of methoxy groups -OCH3 is 1. The Labute approximate surface area is 84.3 Å². The van der Waals surface area contributed by atoms with Gasteiger partial charge in [-0.05, 0) is 26.8 Å². The maximum atomic E-state index is 5.49. The third kappa shape index (κ3) is 1.92. The van der Waals surface area contributed by atoms with Gasteiger partial charge in [-0.3, -0.25) is 0 Å². The fraction of sp³-hybridized carbons (Fsp3) is 0.455. The Morgan fingerprint density at radius 3 is 2.57 bits per heavy atom. The average Bonchev–Trinajstić information content (AvgIpc) is 2.44. The molecule has 0 aliphatic heterocycles. The first-order valence-electron chi connectivity index (χ1n) is 4.67. The Hall–Kier alpha value is -1.38. The highest BCUT2D eigenvalue weighted by Crippen LogP contribution is 2.38. The van der Waals surface area contributed by atoms with Crippen LogP contribution in [0.1, 0.15) is 25.4 Å². The molecule has 0 radical (unpaired) electrons. The Bertz CT molecular complexity index is 324. The number of hydrogen-bond donors (Lipinski definition) is 0. The van der Waals surface area contributed by atoms with Crippen LogP contribution in [-0.4, -0.2) is 13.7 Å². The first kappa shape index (κ1) is 10.7. The van der Waals surface area contributed by atoms with Crippen molar-refractivity contribution in [2.45, 2.75) is 20.8 Å². The van der Waals surface area contributed by atoms with Crippen LogP contribution in [0.4, 0.5) is 0 Å². The molecular weight excluding hydrogens is 180 g/mol. The van der Waals surface area contributed by atoms with Crippen LogP contribution < -0.4 is 9.47 Å². The van der Waals surface area contributed by atoms with E-state index < -0.39 is 0 Å². The lowest BCUT2D eigenvalue weighted by molar-refractivity contribution is 0.311. The molecule has 1 heterocycles. The minimum atomic E-state index is 0.597. The molecule has 0 N–H and O–H groups in total. The van der Waals surface area contributed by atoms with Gasteiger partial charge in [0.05, 0.1) is 13.7 Å². The molecule has 78 valence electrons. The Kier molecular flexibility index (Phi) is 3.63. The second-order valence-corrected chi connectivity index (χ2v) is 2.82. The highest BCUT2D eigenvalue weighted by Gasteiger charge is 2.17. The van der Waals surface area contributed by atoms with Gasteiger partial charge in [-0.15, -0.1) is 0 Å². The number of furan rings is 1. The molecule has 0 aliphatic carbocycles. The lowest BCUT2D eigenvalue weighted by atomic mass is 10.3. The van der Waals surface area contributed by atoms with Gasteiger partial charge in [-0.2, -0.15) is 0 Å². The molecular formula is C11H16O3. The van der Waals surface area contributed by atoms with Gasteiger partial charge in [0.1, 0.15) is 5.76 Å². The summed E-state index contributed by atoms with van der Waals surface area (Å²) in [7, 11) is 1.61. The zero-order valence-electron chi connectivity index (χ0n) is 9.09. The third-order valence-electron chi connectivity index (χ3n) is 1.82. The summed E-state index contributed by atoms with van der Waals surface area (Å²) in [6.07, 6.45) is 3.76. The van der Waals surface area contributed by atoms with E-state index >= 15 is 0 Å². The van der Waals surface area contributed by atoms with Crippen LogP contribution in [0.5, 0.6) is 11.5 Å². The predicted molar refractivity (Wildman–Crippen MR) is 55.9 cm³/mol. The van der Waals surface area contributed by atoms with Crippen molar-refractivity contribution in [3.05, 3.63) is 17.6 Å². The molecule has 0 saturated carbocycles. The highest BCUT2D eigenvalue weighted by atomic mass is 16.5. The van der Waals surface area contributed by atoms with Crippen molar-refractivity contribution >= 4 is 6.08 Å². The van der Waals surface area contributed by atoms with E-state index in [0.29, 0.717) is 23.9 Å². The summed E-state index contributed by atoms with van der Waals surface area (Å²) in [6, 6.07) is 0. The van der Waals surface area contributed by atoms with Gasteiger partial charge in [0, 0.05) is 0 Å². The summed E-state index contributed by atoms with van der Waals surface area (Å²) in [4.78, 5) is 0. The molecule has 0 spiro atoms. The van der Waals surface area contributed by atoms with Crippen LogP contribution >= 0.6 is 0 Å². The second kappa shape index (κ2) is 4.74.